The number of nitrogens with one attached hydrogen (secondary N) is 1. The predicted octanol–water partition coefficient (Wildman–Crippen LogP) is 2.64. The largest absolute Gasteiger partial charge is 0.508 e. The number of nitrogens with two attached hydrogens (primary N) is 1. The number of nitrogens with zero attached hydrogens (tertiary/aromatic N) is 2. The van der Waals surface area contributed by atoms with Gasteiger partial charge < -0.3 is 20.6 Å². The lowest BCUT2D eigenvalue weighted by molar-refractivity contribution is 0.475. The Morgan fingerprint density at radius 1 is 1.24 bits per heavy atom. The zero-order valence-electron chi connectivity index (χ0n) is 11.2. The van der Waals surface area contributed by atoms with Crippen molar-refractivity contribution in [1.29, 1.82) is 0 Å². The van der Waals surface area contributed by atoms with Crippen LogP contribution in [0.1, 0.15) is 5.76 Å². The molecule has 106 valence electrons. The molecule has 0 saturated carbocycles. The van der Waals surface area contributed by atoms with Crippen LogP contribution in [0.5, 0.6) is 5.75 Å². The van der Waals surface area contributed by atoms with Crippen molar-refractivity contribution in [3.63, 3.8) is 0 Å². The number of phenolic OH excluding ortho intramolecular Hbond substituents is 1. The van der Waals surface area contributed by atoms with Crippen molar-refractivity contribution in [1.82, 2.24) is 9.97 Å². The third-order valence-electron chi connectivity index (χ3n) is 2.95. The van der Waals surface area contributed by atoms with Crippen molar-refractivity contribution < 1.29 is 9.52 Å². The number of phenols is 1. The van der Waals surface area contributed by atoms with E-state index >= 15 is 0 Å². The van der Waals surface area contributed by atoms with E-state index in [0.29, 0.717) is 23.9 Å². The molecule has 6 heteroatoms. The normalized spacial score (nSPS) is 10.5. The fourth-order valence-corrected chi connectivity index (χ4v) is 1.92. The zero-order valence-corrected chi connectivity index (χ0v) is 11.2. The van der Waals surface area contributed by atoms with Crippen LogP contribution in [-0.4, -0.2) is 15.1 Å². The topological polar surface area (TPSA) is 97.2 Å². The molecule has 21 heavy (non-hydrogen) atoms. The second kappa shape index (κ2) is 5.54. The molecule has 2 heterocycles. The van der Waals surface area contributed by atoms with E-state index in [9.17, 15) is 5.11 Å². The molecule has 4 N–H and O–H groups in total. The number of rotatable bonds is 4. The van der Waals surface area contributed by atoms with Gasteiger partial charge in [0, 0.05) is 5.56 Å². The number of nitrogen functional groups attached to an aromatic ring is 1. The van der Waals surface area contributed by atoms with E-state index < -0.39 is 0 Å². The minimum atomic E-state index is 0.177. The second-order valence-electron chi connectivity index (χ2n) is 4.47. The zero-order chi connectivity index (χ0) is 14.7. The number of aromatic hydroxyl groups is 1. The van der Waals surface area contributed by atoms with Gasteiger partial charge in [-0.1, -0.05) is 12.1 Å². The maximum atomic E-state index is 9.53. The Labute approximate surface area is 121 Å². The molecule has 0 unspecified atom stereocenters. The summed E-state index contributed by atoms with van der Waals surface area (Å²) in [5, 5.41) is 12.6. The molecule has 0 radical (unpaired) electrons. The molecule has 0 aliphatic rings. The summed E-state index contributed by atoms with van der Waals surface area (Å²) in [7, 11) is 0. The summed E-state index contributed by atoms with van der Waals surface area (Å²) in [4.78, 5) is 8.56. The Morgan fingerprint density at radius 2 is 2.14 bits per heavy atom. The van der Waals surface area contributed by atoms with Crippen molar-refractivity contribution in [3.05, 3.63) is 54.6 Å². The first-order valence-corrected chi connectivity index (χ1v) is 6.40. The predicted molar refractivity (Wildman–Crippen MR) is 79.6 cm³/mol. The van der Waals surface area contributed by atoms with Crippen molar-refractivity contribution in [2.24, 2.45) is 0 Å². The molecule has 0 amide bonds. The molecule has 0 bridgehead atoms. The minimum Gasteiger partial charge on any atom is -0.508 e. The molecule has 0 atom stereocenters. The molecule has 6 nitrogen and oxygen atoms in total. The Morgan fingerprint density at radius 3 is 2.90 bits per heavy atom. The highest BCUT2D eigenvalue weighted by Gasteiger charge is 2.07. The van der Waals surface area contributed by atoms with Crippen LogP contribution in [0, 0.1) is 0 Å². The Kier molecular flexibility index (Phi) is 3.42. The van der Waals surface area contributed by atoms with Crippen molar-refractivity contribution in [2.45, 2.75) is 6.54 Å². The quantitative estimate of drug-likeness (QED) is 0.680. The van der Waals surface area contributed by atoms with Gasteiger partial charge in [0.15, 0.2) is 11.6 Å². The van der Waals surface area contributed by atoms with E-state index in [4.69, 9.17) is 10.2 Å². The van der Waals surface area contributed by atoms with E-state index in [1.807, 2.05) is 18.2 Å². The van der Waals surface area contributed by atoms with E-state index in [1.165, 1.54) is 0 Å². The molecule has 2 aromatic heterocycles. The van der Waals surface area contributed by atoms with Gasteiger partial charge in [0.2, 0.25) is 0 Å². The van der Waals surface area contributed by atoms with Crippen LogP contribution in [0.15, 0.2) is 53.3 Å². The maximum absolute atomic E-state index is 9.53. The van der Waals surface area contributed by atoms with Crippen molar-refractivity contribution in [3.8, 4) is 17.0 Å². The van der Waals surface area contributed by atoms with Crippen LogP contribution in [-0.2, 0) is 6.54 Å². The van der Waals surface area contributed by atoms with Crippen LogP contribution in [0.3, 0.4) is 0 Å². The van der Waals surface area contributed by atoms with Crippen LogP contribution in [0.2, 0.25) is 0 Å². The van der Waals surface area contributed by atoms with Crippen molar-refractivity contribution in [2.75, 3.05) is 11.1 Å². The van der Waals surface area contributed by atoms with Gasteiger partial charge in [0.1, 0.15) is 11.5 Å². The van der Waals surface area contributed by atoms with Gasteiger partial charge in [-0.2, -0.15) is 0 Å². The van der Waals surface area contributed by atoms with Crippen LogP contribution in [0.4, 0.5) is 11.6 Å². The average Bonchev–Trinajstić information content (AvgIpc) is 3.00. The lowest BCUT2D eigenvalue weighted by Gasteiger charge is -2.08. The monoisotopic (exact) mass is 282 g/mol. The lowest BCUT2D eigenvalue weighted by atomic mass is 10.1. The summed E-state index contributed by atoms with van der Waals surface area (Å²) < 4.78 is 5.24. The summed E-state index contributed by atoms with van der Waals surface area (Å²) in [5.74, 6) is 1.74. The third-order valence-corrected chi connectivity index (χ3v) is 2.95. The van der Waals surface area contributed by atoms with Gasteiger partial charge in [-0.25, -0.2) is 9.97 Å². The van der Waals surface area contributed by atoms with Crippen LogP contribution >= 0.6 is 0 Å². The molecule has 0 saturated heterocycles. The standard InChI is InChI=1S/C15H14N4O2/c16-14-15(18-8-12-5-2-6-21-12)19-13(9-17-14)10-3-1-4-11(20)7-10/h1-7,9,20H,8H2,(H2,16,17)(H,18,19). The smallest absolute Gasteiger partial charge is 0.169 e. The number of anilines is 2. The van der Waals surface area contributed by atoms with Gasteiger partial charge in [-0.05, 0) is 24.3 Å². The van der Waals surface area contributed by atoms with E-state index in [-0.39, 0.29) is 5.75 Å². The fraction of sp³-hybridized carbons (Fsp3) is 0.0667. The van der Waals surface area contributed by atoms with E-state index in [1.54, 1.807) is 30.7 Å². The summed E-state index contributed by atoms with van der Waals surface area (Å²) in [6.07, 6.45) is 3.18. The molecule has 3 aromatic rings. The fourth-order valence-electron chi connectivity index (χ4n) is 1.92. The first-order valence-electron chi connectivity index (χ1n) is 6.40. The maximum Gasteiger partial charge on any atom is 0.169 e. The third kappa shape index (κ3) is 2.94. The molecule has 0 fully saturated rings. The van der Waals surface area contributed by atoms with Crippen LogP contribution in [0.25, 0.3) is 11.3 Å². The number of hydrogen-bond donors (Lipinski definition) is 3. The highest BCUT2D eigenvalue weighted by atomic mass is 16.3. The summed E-state index contributed by atoms with van der Waals surface area (Å²) >= 11 is 0. The van der Waals surface area contributed by atoms with Crippen molar-refractivity contribution >= 4 is 11.6 Å². The first-order chi connectivity index (χ1) is 10.2. The van der Waals surface area contributed by atoms with E-state index in [2.05, 4.69) is 15.3 Å². The van der Waals surface area contributed by atoms with Crippen LogP contribution < -0.4 is 11.1 Å². The van der Waals surface area contributed by atoms with Gasteiger partial charge in [-0.3, -0.25) is 0 Å². The highest BCUT2D eigenvalue weighted by Crippen LogP contribution is 2.24. The minimum absolute atomic E-state index is 0.177. The number of furan rings is 1. The molecule has 0 aliphatic heterocycles. The van der Waals surface area contributed by atoms with Gasteiger partial charge in [-0.15, -0.1) is 0 Å². The Hall–Kier alpha value is -3.02. The number of benzene rings is 1. The molecule has 3 rings (SSSR count). The van der Waals surface area contributed by atoms with Gasteiger partial charge >= 0.3 is 0 Å². The highest BCUT2D eigenvalue weighted by molar-refractivity contribution is 5.66. The average molecular weight is 282 g/mol. The molecule has 1 aromatic carbocycles. The molecule has 0 aliphatic carbocycles. The summed E-state index contributed by atoms with van der Waals surface area (Å²) in [6.45, 7) is 0.468. The van der Waals surface area contributed by atoms with Gasteiger partial charge in [0.05, 0.1) is 24.7 Å². The van der Waals surface area contributed by atoms with Gasteiger partial charge in [0.25, 0.3) is 0 Å². The number of aromatic nitrogens is 2. The summed E-state index contributed by atoms with van der Waals surface area (Å²) in [5.41, 5.74) is 7.21. The SMILES string of the molecule is Nc1ncc(-c2cccc(O)c2)nc1NCc1ccco1. The van der Waals surface area contributed by atoms with E-state index in [0.717, 1.165) is 11.3 Å². The lowest BCUT2D eigenvalue weighted by Crippen LogP contribution is -2.06. The molecular formula is C15H14N4O2. The Balaban J connectivity index is 1.85. The molecular weight excluding hydrogens is 268 g/mol. The second-order valence-corrected chi connectivity index (χ2v) is 4.47. The first kappa shape index (κ1) is 13.0. The number of hydrogen-bond acceptors (Lipinski definition) is 6. The molecule has 0 spiro atoms. The Bertz CT molecular complexity index is 741. The summed E-state index contributed by atoms with van der Waals surface area (Å²) in [6, 6.07) is 10.5.